The molecule has 40 heavy (non-hydrogen) atoms. The molecule has 1 aliphatic carbocycles. The number of thioether (sulfide) groups is 1. The Hall–Kier alpha value is -3.82. The number of ketones is 1. The highest BCUT2D eigenvalue weighted by Crippen LogP contribution is 2.51. The van der Waals surface area contributed by atoms with E-state index in [0.29, 0.717) is 24.1 Å². The normalized spacial score (nSPS) is 18.6. The Bertz CT molecular complexity index is 1630. The highest BCUT2D eigenvalue weighted by Gasteiger charge is 2.45. The van der Waals surface area contributed by atoms with Crippen LogP contribution in [0, 0.1) is 43.3 Å². The minimum absolute atomic E-state index is 0.0189. The first kappa shape index (κ1) is 27.7. The van der Waals surface area contributed by atoms with E-state index < -0.39 is 11.7 Å². The number of halogens is 1. The molecular weight excluding hydrogens is 517 g/mol. The highest BCUT2D eigenvalue weighted by molar-refractivity contribution is 7.98. The van der Waals surface area contributed by atoms with Gasteiger partial charge < -0.3 is 5.73 Å². The fraction of sp³-hybridized carbons (Fsp3) is 0.294. The SMILES string of the molecule is Cc1cc(CSc2ccccc2C)c(C)c(C2C(C#N)=C(N)N(c3ccccc3F)C3=C2C(=O)CC(C)(C)C3)c1. The van der Waals surface area contributed by atoms with Gasteiger partial charge >= 0.3 is 0 Å². The van der Waals surface area contributed by atoms with Gasteiger partial charge in [-0.1, -0.05) is 61.9 Å². The lowest BCUT2D eigenvalue weighted by molar-refractivity contribution is -0.118. The molecule has 1 aliphatic heterocycles. The number of rotatable bonds is 5. The van der Waals surface area contributed by atoms with Gasteiger partial charge in [0.2, 0.25) is 0 Å². The molecule has 3 aromatic rings. The maximum atomic E-state index is 15.2. The second-order valence-electron chi connectivity index (χ2n) is 11.6. The van der Waals surface area contributed by atoms with Crippen LogP contribution < -0.4 is 10.6 Å². The number of nitriles is 1. The van der Waals surface area contributed by atoms with Crippen molar-refractivity contribution in [3.05, 3.63) is 117 Å². The monoisotopic (exact) mass is 551 g/mol. The van der Waals surface area contributed by atoms with Crippen LogP contribution in [-0.2, 0) is 10.5 Å². The topological polar surface area (TPSA) is 70.1 Å². The number of allylic oxidation sites excluding steroid dienone is 3. The first-order chi connectivity index (χ1) is 19.0. The van der Waals surface area contributed by atoms with Crippen molar-refractivity contribution < 1.29 is 9.18 Å². The molecule has 0 aromatic heterocycles. The molecule has 0 amide bonds. The predicted molar refractivity (Wildman–Crippen MR) is 160 cm³/mol. The molecule has 0 spiro atoms. The fourth-order valence-corrected chi connectivity index (χ4v) is 7.10. The van der Waals surface area contributed by atoms with Crippen molar-refractivity contribution in [2.24, 2.45) is 11.1 Å². The van der Waals surface area contributed by atoms with Crippen molar-refractivity contribution in [2.45, 2.75) is 64.0 Å². The van der Waals surface area contributed by atoms with Gasteiger partial charge in [0.25, 0.3) is 0 Å². The molecule has 1 heterocycles. The maximum absolute atomic E-state index is 15.2. The fourth-order valence-electron chi connectivity index (χ4n) is 6.02. The number of para-hydroxylation sites is 1. The van der Waals surface area contributed by atoms with E-state index in [2.05, 4.69) is 44.2 Å². The summed E-state index contributed by atoms with van der Waals surface area (Å²) in [5.74, 6) is -0.138. The second kappa shape index (κ2) is 10.6. The van der Waals surface area contributed by atoms with E-state index in [9.17, 15) is 10.1 Å². The molecular formula is C34H34FN3OS. The molecule has 1 unspecified atom stereocenters. The van der Waals surface area contributed by atoms with E-state index in [4.69, 9.17) is 5.73 Å². The van der Waals surface area contributed by atoms with Crippen molar-refractivity contribution in [2.75, 3.05) is 4.90 Å². The number of hydrogen-bond donors (Lipinski definition) is 1. The van der Waals surface area contributed by atoms with E-state index in [1.807, 2.05) is 32.9 Å². The minimum Gasteiger partial charge on any atom is -0.384 e. The molecule has 2 aliphatic rings. The Morgan fingerprint density at radius 2 is 1.77 bits per heavy atom. The summed E-state index contributed by atoms with van der Waals surface area (Å²) in [4.78, 5) is 16.8. The van der Waals surface area contributed by atoms with Crippen LogP contribution >= 0.6 is 11.8 Å². The van der Waals surface area contributed by atoms with E-state index in [1.54, 1.807) is 34.9 Å². The average molecular weight is 552 g/mol. The van der Waals surface area contributed by atoms with E-state index >= 15 is 4.39 Å². The molecule has 3 aromatic carbocycles. The largest absolute Gasteiger partial charge is 0.384 e. The molecule has 6 heteroatoms. The van der Waals surface area contributed by atoms with Crippen molar-refractivity contribution in [1.29, 1.82) is 5.26 Å². The third-order valence-electron chi connectivity index (χ3n) is 7.96. The summed E-state index contributed by atoms with van der Waals surface area (Å²) in [6, 6.07) is 21.3. The zero-order valence-electron chi connectivity index (χ0n) is 23.6. The lowest BCUT2D eigenvalue weighted by atomic mass is 9.68. The lowest BCUT2D eigenvalue weighted by Gasteiger charge is -2.44. The summed E-state index contributed by atoms with van der Waals surface area (Å²) in [7, 11) is 0. The first-order valence-electron chi connectivity index (χ1n) is 13.5. The number of anilines is 1. The van der Waals surface area contributed by atoms with Crippen LogP contribution in [0.2, 0.25) is 0 Å². The van der Waals surface area contributed by atoms with Crippen LogP contribution in [0.4, 0.5) is 10.1 Å². The smallest absolute Gasteiger partial charge is 0.162 e. The van der Waals surface area contributed by atoms with Gasteiger partial charge in [0.15, 0.2) is 5.78 Å². The molecule has 0 saturated carbocycles. The van der Waals surface area contributed by atoms with Crippen molar-refractivity contribution in [1.82, 2.24) is 0 Å². The van der Waals surface area contributed by atoms with Gasteiger partial charge in [0.05, 0.1) is 23.2 Å². The van der Waals surface area contributed by atoms with Gasteiger partial charge in [0, 0.05) is 28.3 Å². The van der Waals surface area contributed by atoms with Crippen LogP contribution in [0.1, 0.15) is 60.4 Å². The summed E-state index contributed by atoms with van der Waals surface area (Å²) in [6.45, 7) is 10.3. The number of nitrogens with zero attached hydrogens (tertiary/aromatic N) is 2. The summed E-state index contributed by atoms with van der Waals surface area (Å²) in [5.41, 5.74) is 13.6. The van der Waals surface area contributed by atoms with Gasteiger partial charge in [-0.15, -0.1) is 11.8 Å². The van der Waals surface area contributed by atoms with Gasteiger partial charge in [-0.3, -0.25) is 9.69 Å². The predicted octanol–water partition coefficient (Wildman–Crippen LogP) is 7.98. The second-order valence-corrected chi connectivity index (χ2v) is 12.6. The van der Waals surface area contributed by atoms with Gasteiger partial charge in [-0.2, -0.15) is 5.26 Å². The third kappa shape index (κ3) is 4.95. The molecule has 4 nitrogen and oxygen atoms in total. The Labute approximate surface area is 240 Å². The zero-order chi connectivity index (χ0) is 28.8. The Kier molecular flexibility index (Phi) is 7.37. The molecule has 0 radical (unpaired) electrons. The van der Waals surface area contributed by atoms with Crippen molar-refractivity contribution >= 4 is 23.2 Å². The summed E-state index contributed by atoms with van der Waals surface area (Å²) < 4.78 is 15.2. The maximum Gasteiger partial charge on any atom is 0.162 e. The van der Waals surface area contributed by atoms with Gasteiger partial charge in [-0.25, -0.2) is 4.39 Å². The molecule has 204 valence electrons. The van der Waals surface area contributed by atoms with Crippen molar-refractivity contribution in [3.8, 4) is 6.07 Å². The Balaban J connectivity index is 1.69. The van der Waals surface area contributed by atoms with E-state index in [0.717, 1.165) is 28.0 Å². The van der Waals surface area contributed by atoms with E-state index in [-0.39, 0.29) is 28.3 Å². The quantitative estimate of drug-likeness (QED) is 0.326. The zero-order valence-corrected chi connectivity index (χ0v) is 24.5. The molecule has 2 N–H and O–H groups in total. The molecule has 1 atom stereocenters. The molecule has 0 saturated heterocycles. The number of aryl methyl sites for hydroxylation is 2. The van der Waals surface area contributed by atoms with Crippen LogP contribution in [0.5, 0.6) is 0 Å². The molecule has 5 rings (SSSR count). The number of carbonyl (C=O) groups excluding carboxylic acids is 1. The van der Waals surface area contributed by atoms with Crippen LogP contribution in [0.3, 0.4) is 0 Å². The first-order valence-corrected chi connectivity index (χ1v) is 14.5. The summed E-state index contributed by atoms with van der Waals surface area (Å²) >= 11 is 1.78. The number of benzene rings is 3. The summed E-state index contributed by atoms with van der Waals surface area (Å²) in [6.07, 6.45) is 0.895. The van der Waals surface area contributed by atoms with Crippen molar-refractivity contribution in [3.63, 3.8) is 0 Å². The highest BCUT2D eigenvalue weighted by atomic mass is 32.2. The lowest BCUT2D eigenvalue weighted by Crippen LogP contribution is -2.42. The number of Topliss-reactive ketones (excluding diaryl/α,β-unsaturated/α-hetero) is 1. The standard InChI is InChI=1S/C34H34FN3OS/c1-20-14-23(19-40-30-13-9-6-10-21(30)2)22(3)24(15-20)31-25(18-36)33(37)38(27-12-8-7-11-26(27)35)28-16-34(4,5)17-29(39)32(28)31/h6-15,31H,16-17,19,37H2,1-5H3. The van der Waals surface area contributed by atoms with Gasteiger partial charge in [0.1, 0.15) is 11.6 Å². The minimum atomic E-state index is -0.603. The Morgan fingerprint density at radius 1 is 1.07 bits per heavy atom. The van der Waals surface area contributed by atoms with Crippen LogP contribution in [0.25, 0.3) is 0 Å². The molecule has 0 bridgehead atoms. The Morgan fingerprint density at radius 3 is 2.48 bits per heavy atom. The van der Waals surface area contributed by atoms with E-state index in [1.165, 1.54) is 16.5 Å². The average Bonchev–Trinajstić information content (AvgIpc) is 2.89. The third-order valence-corrected chi connectivity index (χ3v) is 9.19. The van der Waals surface area contributed by atoms with Gasteiger partial charge in [-0.05, 0) is 73.1 Å². The summed E-state index contributed by atoms with van der Waals surface area (Å²) in [5, 5.41) is 10.5. The van der Waals surface area contributed by atoms with Crippen LogP contribution in [-0.4, -0.2) is 5.78 Å². The number of nitrogens with two attached hydrogens (primary N) is 1. The van der Waals surface area contributed by atoms with Crippen LogP contribution in [0.15, 0.2) is 88.2 Å². The molecule has 0 fully saturated rings. The number of carbonyl (C=O) groups is 1. The number of hydrogen-bond acceptors (Lipinski definition) is 5.